The topological polar surface area (TPSA) is 74.6 Å². The highest BCUT2D eigenvalue weighted by atomic mass is 16.4. The number of carboxylic acids is 2. The molecule has 0 aromatic carbocycles. The van der Waals surface area contributed by atoms with Crippen molar-refractivity contribution < 1.29 is 19.8 Å². The molecule has 0 amide bonds. The van der Waals surface area contributed by atoms with Crippen molar-refractivity contribution in [3.8, 4) is 0 Å². The largest absolute Gasteiger partial charge is 0.481 e. The fourth-order valence-electron chi connectivity index (χ4n) is 1.59. The van der Waals surface area contributed by atoms with Gasteiger partial charge in [0.25, 0.3) is 0 Å². The summed E-state index contributed by atoms with van der Waals surface area (Å²) in [5, 5.41) is 17.2. The lowest BCUT2D eigenvalue weighted by atomic mass is 9.82. The van der Waals surface area contributed by atoms with Gasteiger partial charge in [-0.2, -0.15) is 0 Å². The Hall–Kier alpha value is -1.06. The zero-order valence-corrected chi connectivity index (χ0v) is 8.69. The predicted molar refractivity (Wildman–Crippen MR) is 52.1 cm³/mol. The van der Waals surface area contributed by atoms with Crippen molar-refractivity contribution in [3.05, 3.63) is 0 Å². The molecule has 14 heavy (non-hydrogen) atoms. The number of carboxylic acid groups (broad SMARTS) is 2. The fourth-order valence-corrected chi connectivity index (χ4v) is 1.59. The highest BCUT2D eigenvalue weighted by molar-refractivity contribution is 5.72. The quantitative estimate of drug-likeness (QED) is 0.718. The molecule has 0 spiro atoms. The summed E-state index contributed by atoms with van der Waals surface area (Å²) < 4.78 is 0. The summed E-state index contributed by atoms with van der Waals surface area (Å²) in [6, 6.07) is 0. The molecule has 0 heterocycles. The monoisotopic (exact) mass is 202 g/mol. The Bertz CT molecular complexity index is 170. The van der Waals surface area contributed by atoms with Gasteiger partial charge in [0.2, 0.25) is 0 Å². The van der Waals surface area contributed by atoms with Crippen LogP contribution in [-0.4, -0.2) is 22.2 Å². The lowest BCUT2D eigenvalue weighted by molar-refractivity contribution is -0.148. The van der Waals surface area contributed by atoms with Crippen LogP contribution in [0, 0.1) is 11.8 Å². The molecule has 0 bridgehead atoms. The van der Waals surface area contributed by atoms with Crippen LogP contribution in [0.3, 0.4) is 0 Å². The zero-order valence-electron chi connectivity index (χ0n) is 8.69. The van der Waals surface area contributed by atoms with E-state index in [1.165, 1.54) is 0 Å². The smallest absolute Gasteiger partial charge is 0.306 e. The molecule has 0 aromatic rings. The number of carbonyl (C=O) groups is 2. The van der Waals surface area contributed by atoms with Gasteiger partial charge in [-0.3, -0.25) is 9.59 Å². The van der Waals surface area contributed by atoms with Gasteiger partial charge in [-0.15, -0.1) is 0 Å². The lowest BCUT2D eigenvalue weighted by Gasteiger charge is -2.22. The molecule has 0 radical (unpaired) electrons. The maximum Gasteiger partial charge on any atom is 0.306 e. The first-order valence-electron chi connectivity index (χ1n) is 5.07. The average molecular weight is 202 g/mol. The van der Waals surface area contributed by atoms with Crippen molar-refractivity contribution in [2.75, 3.05) is 0 Å². The van der Waals surface area contributed by atoms with Gasteiger partial charge < -0.3 is 10.2 Å². The summed E-state index contributed by atoms with van der Waals surface area (Å²) in [5.41, 5.74) is 0. The number of hydrogen-bond donors (Lipinski definition) is 2. The van der Waals surface area contributed by atoms with E-state index in [1.807, 2.05) is 13.8 Å². The Morgan fingerprint density at radius 2 is 1.07 bits per heavy atom. The molecule has 1 aliphatic rings. The van der Waals surface area contributed by atoms with Gasteiger partial charge in [0.1, 0.15) is 0 Å². The van der Waals surface area contributed by atoms with Crippen molar-refractivity contribution in [1.82, 2.24) is 0 Å². The summed E-state index contributed by atoms with van der Waals surface area (Å²) in [6.07, 6.45) is 2.03. The molecular weight excluding hydrogens is 184 g/mol. The maximum absolute atomic E-state index is 10.5. The number of aliphatic carboxylic acids is 2. The van der Waals surface area contributed by atoms with Crippen molar-refractivity contribution >= 4 is 11.9 Å². The van der Waals surface area contributed by atoms with Gasteiger partial charge >= 0.3 is 11.9 Å². The van der Waals surface area contributed by atoms with Crippen LogP contribution in [0.2, 0.25) is 0 Å². The molecule has 1 fully saturated rings. The van der Waals surface area contributed by atoms with E-state index in [4.69, 9.17) is 10.2 Å². The third-order valence-corrected chi connectivity index (χ3v) is 2.43. The van der Waals surface area contributed by atoms with E-state index in [2.05, 4.69) is 0 Å². The van der Waals surface area contributed by atoms with E-state index in [0.717, 1.165) is 0 Å². The van der Waals surface area contributed by atoms with Crippen LogP contribution in [0.1, 0.15) is 39.5 Å². The molecule has 2 N–H and O–H groups in total. The second-order valence-corrected chi connectivity index (χ2v) is 3.23. The SMILES string of the molecule is CC.O=C(O)C1CCC(C(=O)O)CC1. The van der Waals surface area contributed by atoms with Crippen LogP contribution in [0.5, 0.6) is 0 Å². The molecule has 1 rings (SSSR count). The zero-order chi connectivity index (χ0) is 11.1. The van der Waals surface area contributed by atoms with Crippen LogP contribution in [-0.2, 0) is 9.59 Å². The summed E-state index contributed by atoms with van der Waals surface area (Å²) in [6.45, 7) is 4.00. The molecule has 0 aromatic heterocycles. The Balaban J connectivity index is 0.000000791. The van der Waals surface area contributed by atoms with Crippen LogP contribution < -0.4 is 0 Å². The van der Waals surface area contributed by atoms with Crippen molar-refractivity contribution in [2.45, 2.75) is 39.5 Å². The minimum atomic E-state index is -0.793. The molecule has 0 unspecified atom stereocenters. The minimum Gasteiger partial charge on any atom is -0.481 e. The number of rotatable bonds is 2. The second kappa shape index (κ2) is 6.40. The predicted octanol–water partition coefficient (Wildman–Crippen LogP) is 1.99. The molecule has 0 saturated heterocycles. The van der Waals surface area contributed by atoms with Crippen molar-refractivity contribution in [3.63, 3.8) is 0 Å². The van der Waals surface area contributed by atoms with Gasteiger partial charge in [0.15, 0.2) is 0 Å². The molecule has 82 valence electrons. The highest BCUT2D eigenvalue weighted by Gasteiger charge is 2.29. The third-order valence-electron chi connectivity index (χ3n) is 2.43. The average Bonchev–Trinajstić information content (AvgIpc) is 2.21. The Kier molecular flexibility index (Phi) is 5.92. The first kappa shape index (κ1) is 12.9. The van der Waals surface area contributed by atoms with E-state index < -0.39 is 11.9 Å². The van der Waals surface area contributed by atoms with Crippen LogP contribution in [0.15, 0.2) is 0 Å². The number of hydrogen-bond acceptors (Lipinski definition) is 2. The molecular formula is C10H18O4. The molecule has 4 nitrogen and oxygen atoms in total. The van der Waals surface area contributed by atoms with Crippen LogP contribution in [0.25, 0.3) is 0 Å². The van der Waals surface area contributed by atoms with Gasteiger partial charge in [0, 0.05) is 0 Å². The van der Waals surface area contributed by atoms with Crippen LogP contribution in [0.4, 0.5) is 0 Å². The lowest BCUT2D eigenvalue weighted by Crippen LogP contribution is -2.25. The second-order valence-electron chi connectivity index (χ2n) is 3.23. The minimum absolute atomic E-state index is 0.319. The summed E-state index contributed by atoms with van der Waals surface area (Å²) in [4.78, 5) is 21.0. The van der Waals surface area contributed by atoms with E-state index in [1.54, 1.807) is 0 Å². The molecule has 0 atom stereocenters. The molecule has 1 saturated carbocycles. The Labute approximate surface area is 83.9 Å². The van der Waals surface area contributed by atoms with Gasteiger partial charge in [0.05, 0.1) is 11.8 Å². The molecule has 4 heteroatoms. The van der Waals surface area contributed by atoms with E-state index >= 15 is 0 Å². The normalized spacial score (nSPS) is 25.9. The van der Waals surface area contributed by atoms with E-state index in [9.17, 15) is 9.59 Å². The Morgan fingerprint density at radius 1 is 0.857 bits per heavy atom. The van der Waals surface area contributed by atoms with Crippen molar-refractivity contribution in [2.24, 2.45) is 11.8 Å². The summed E-state index contributed by atoms with van der Waals surface area (Å²) in [7, 11) is 0. The fraction of sp³-hybridized carbons (Fsp3) is 0.800. The van der Waals surface area contributed by atoms with Crippen LogP contribution >= 0.6 is 0 Å². The van der Waals surface area contributed by atoms with Gasteiger partial charge in [-0.25, -0.2) is 0 Å². The van der Waals surface area contributed by atoms with Crippen molar-refractivity contribution in [1.29, 1.82) is 0 Å². The highest BCUT2D eigenvalue weighted by Crippen LogP contribution is 2.28. The Morgan fingerprint density at radius 3 is 1.21 bits per heavy atom. The molecule has 0 aliphatic heterocycles. The van der Waals surface area contributed by atoms with E-state index in [-0.39, 0.29) is 11.8 Å². The van der Waals surface area contributed by atoms with E-state index in [0.29, 0.717) is 25.7 Å². The van der Waals surface area contributed by atoms with Gasteiger partial charge in [-0.05, 0) is 25.7 Å². The van der Waals surface area contributed by atoms with Gasteiger partial charge in [-0.1, -0.05) is 13.8 Å². The summed E-state index contributed by atoms with van der Waals surface area (Å²) in [5.74, 6) is -2.22. The molecule has 1 aliphatic carbocycles. The summed E-state index contributed by atoms with van der Waals surface area (Å²) >= 11 is 0. The first-order valence-corrected chi connectivity index (χ1v) is 5.07. The standard InChI is InChI=1S/C8H12O4.C2H6/c9-7(10)5-1-2-6(4-3-5)8(11)12;1-2/h5-6H,1-4H2,(H,9,10)(H,11,12);1-2H3. The first-order chi connectivity index (χ1) is 6.61. The third kappa shape index (κ3) is 3.77. The maximum atomic E-state index is 10.5.